The maximum Gasteiger partial charge on any atom is 0.472 e. The number of hydrogen-bond acceptors (Lipinski definition) is 14. The molecule has 18 heteroatoms. The van der Waals surface area contributed by atoms with Crippen molar-refractivity contribution >= 4 is 33.6 Å². The standard InChI is InChI=1S/C79H132O16P2/c1-4-7-10-13-16-19-22-25-28-30-32-34-36-38-40-42-45-47-50-53-56-59-62-65-77(82)89-68-74(80)69-91-96(85,86)92-70-75(81)71-93-97(87,88)94-73-76(95-79(84)67-64-61-58-55-52-49-44-27-24-21-18-15-12-9-6-3)72-90-78(83)66-63-60-57-54-51-48-46-43-41-39-37-35-33-31-29-26-23-20-17-14-11-8-5-2/h7-8,10-11,16-17,19-20,25-26,28-29,32-35,38-41,45-48,74-76,80-81H,4-6,9,12-15,18,21-24,27,30-31,36-37,42-44,49-73H2,1-3H3,(H,85,86)(H,87,88)/b10-7-,11-8-,19-16-,20-17-,28-25-,29-26-,34-32-,35-33-,40-38-,41-39-,47-45-,48-46-. The number of carbonyl (C=O) groups is 3. The Bertz CT molecular complexity index is 2350. The number of aliphatic hydroxyl groups excluding tert-OH is 2. The molecule has 0 bridgehead atoms. The molecule has 0 rings (SSSR count). The van der Waals surface area contributed by atoms with Gasteiger partial charge in [0, 0.05) is 19.3 Å². The van der Waals surface area contributed by atoms with E-state index < -0.39 is 91.5 Å². The number of phosphoric acid groups is 2. The van der Waals surface area contributed by atoms with Crippen LogP contribution in [0.5, 0.6) is 0 Å². The Morgan fingerprint density at radius 1 is 0.299 bits per heavy atom. The van der Waals surface area contributed by atoms with Gasteiger partial charge in [0.15, 0.2) is 6.10 Å². The number of esters is 3. The minimum Gasteiger partial charge on any atom is -0.463 e. The number of hydrogen-bond donors (Lipinski definition) is 4. The second kappa shape index (κ2) is 71.3. The number of ether oxygens (including phenoxy) is 3. The maximum absolute atomic E-state index is 13.0. The van der Waals surface area contributed by atoms with Gasteiger partial charge in [0.2, 0.25) is 0 Å². The monoisotopic (exact) mass is 1400 g/mol. The van der Waals surface area contributed by atoms with Gasteiger partial charge in [-0.05, 0) is 122 Å². The van der Waals surface area contributed by atoms with Crippen LogP contribution in [0.4, 0.5) is 0 Å². The quantitative estimate of drug-likeness (QED) is 0.0146. The molecule has 0 aliphatic carbocycles. The summed E-state index contributed by atoms with van der Waals surface area (Å²) in [6, 6.07) is 0. The van der Waals surface area contributed by atoms with Crippen LogP contribution >= 0.6 is 15.6 Å². The molecule has 16 nitrogen and oxygen atoms in total. The fourth-order valence-corrected chi connectivity index (χ4v) is 11.0. The predicted octanol–water partition coefficient (Wildman–Crippen LogP) is 21.3. The summed E-state index contributed by atoms with van der Waals surface area (Å²) in [5, 5.41) is 20.6. The normalized spacial score (nSPS) is 14.9. The van der Waals surface area contributed by atoms with Gasteiger partial charge >= 0.3 is 33.6 Å². The number of carbonyl (C=O) groups excluding carboxylic acids is 3. The third-order valence-corrected chi connectivity index (χ3v) is 17.0. The Morgan fingerprint density at radius 2 is 0.546 bits per heavy atom. The van der Waals surface area contributed by atoms with Gasteiger partial charge in [0.05, 0.1) is 26.4 Å². The molecule has 0 aliphatic heterocycles. The molecule has 0 aromatic carbocycles. The number of phosphoric ester groups is 2. The van der Waals surface area contributed by atoms with Crippen molar-refractivity contribution < 1.29 is 75.8 Å². The van der Waals surface area contributed by atoms with E-state index in [1.165, 1.54) is 64.2 Å². The summed E-state index contributed by atoms with van der Waals surface area (Å²) in [6.07, 6.45) is 86.0. The summed E-state index contributed by atoms with van der Waals surface area (Å²) < 4.78 is 61.0. The van der Waals surface area contributed by atoms with Crippen LogP contribution < -0.4 is 0 Å². The van der Waals surface area contributed by atoms with Crippen molar-refractivity contribution in [2.75, 3.05) is 39.6 Å². The first-order valence-corrected chi connectivity index (χ1v) is 40.1. The molecule has 0 heterocycles. The Labute approximate surface area is 587 Å². The first-order valence-electron chi connectivity index (χ1n) is 37.1. The molecule has 0 aliphatic rings. The van der Waals surface area contributed by atoms with Crippen molar-refractivity contribution in [3.05, 3.63) is 146 Å². The fraction of sp³-hybridized carbons (Fsp3) is 0.658. The van der Waals surface area contributed by atoms with E-state index in [4.69, 9.17) is 32.3 Å². The van der Waals surface area contributed by atoms with E-state index in [0.717, 1.165) is 154 Å². The topological polar surface area (TPSA) is 231 Å². The highest BCUT2D eigenvalue weighted by atomic mass is 31.2. The van der Waals surface area contributed by atoms with Crippen LogP contribution in [-0.2, 0) is 55.8 Å². The average Bonchev–Trinajstić information content (AvgIpc) is 1.77. The van der Waals surface area contributed by atoms with E-state index in [9.17, 15) is 43.5 Å². The molecular formula is C79H132O16P2. The van der Waals surface area contributed by atoms with E-state index in [-0.39, 0.29) is 19.3 Å². The molecule has 554 valence electrons. The van der Waals surface area contributed by atoms with Gasteiger partial charge in [-0.25, -0.2) is 9.13 Å². The van der Waals surface area contributed by atoms with Gasteiger partial charge in [0.25, 0.3) is 0 Å². The molecule has 0 spiro atoms. The highest BCUT2D eigenvalue weighted by Crippen LogP contribution is 2.45. The molecule has 0 saturated heterocycles. The van der Waals surface area contributed by atoms with Crippen molar-refractivity contribution in [1.82, 2.24) is 0 Å². The van der Waals surface area contributed by atoms with Crippen molar-refractivity contribution in [1.29, 1.82) is 0 Å². The summed E-state index contributed by atoms with van der Waals surface area (Å²) >= 11 is 0. The third kappa shape index (κ3) is 72.5. The highest BCUT2D eigenvalue weighted by molar-refractivity contribution is 7.47. The zero-order valence-electron chi connectivity index (χ0n) is 60.2. The summed E-state index contributed by atoms with van der Waals surface area (Å²) in [4.78, 5) is 58.6. The van der Waals surface area contributed by atoms with Gasteiger partial charge in [-0.2, -0.15) is 0 Å². The molecule has 5 unspecified atom stereocenters. The first-order chi connectivity index (χ1) is 47.2. The lowest BCUT2D eigenvalue weighted by atomic mass is 10.0. The van der Waals surface area contributed by atoms with E-state index in [1.54, 1.807) is 0 Å². The van der Waals surface area contributed by atoms with Crippen LogP contribution in [-0.4, -0.2) is 95.9 Å². The average molecular weight is 1400 g/mol. The molecular weight excluding hydrogens is 1270 g/mol. The molecule has 0 aromatic heterocycles. The second-order valence-corrected chi connectivity index (χ2v) is 27.2. The first kappa shape index (κ1) is 92.4. The van der Waals surface area contributed by atoms with Crippen LogP contribution in [0, 0.1) is 0 Å². The maximum atomic E-state index is 13.0. The highest BCUT2D eigenvalue weighted by Gasteiger charge is 2.29. The van der Waals surface area contributed by atoms with Gasteiger partial charge in [-0.15, -0.1) is 0 Å². The van der Waals surface area contributed by atoms with E-state index in [1.807, 2.05) is 0 Å². The van der Waals surface area contributed by atoms with Crippen molar-refractivity contribution in [3.8, 4) is 0 Å². The molecule has 4 N–H and O–H groups in total. The lowest BCUT2D eigenvalue weighted by molar-refractivity contribution is -0.161. The van der Waals surface area contributed by atoms with Crippen molar-refractivity contribution in [2.24, 2.45) is 0 Å². The van der Waals surface area contributed by atoms with Crippen LogP contribution in [0.25, 0.3) is 0 Å². The van der Waals surface area contributed by atoms with E-state index >= 15 is 0 Å². The summed E-state index contributed by atoms with van der Waals surface area (Å²) in [5.41, 5.74) is 0. The van der Waals surface area contributed by atoms with Crippen LogP contribution in [0.2, 0.25) is 0 Å². The number of aliphatic hydroxyl groups is 2. The zero-order chi connectivity index (χ0) is 70.9. The molecule has 0 fully saturated rings. The smallest absolute Gasteiger partial charge is 0.463 e. The fourth-order valence-electron chi connectivity index (χ4n) is 9.46. The summed E-state index contributed by atoms with van der Waals surface area (Å²) in [5.74, 6) is -1.63. The second-order valence-electron chi connectivity index (χ2n) is 24.3. The van der Waals surface area contributed by atoms with E-state index in [2.05, 4.69) is 167 Å². The lowest BCUT2D eigenvalue weighted by Gasteiger charge is -2.21. The van der Waals surface area contributed by atoms with Crippen LogP contribution in [0.3, 0.4) is 0 Å². The molecule has 0 aromatic rings. The Kier molecular flexibility index (Phi) is 67.9. The summed E-state index contributed by atoms with van der Waals surface area (Å²) in [7, 11) is -9.80. The number of rotatable bonds is 69. The zero-order valence-corrected chi connectivity index (χ0v) is 62.0. The minimum absolute atomic E-state index is 0.0969. The molecule has 5 atom stereocenters. The third-order valence-electron chi connectivity index (χ3n) is 15.1. The SMILES string of the molecule is CC/C=C\C/C=C\C/C=C\C/C=C\C/C=C\C/C=C\CCCCCCC(=O)OCC(O)COP(=O)(O)OCC(O)COP(=O)(O)OCC(COC(=O)CCCCCC/C=C\C/C=C\C/C=C\C/C=C\C/C=C\C/C=C\CC)OC(=O)CCCCCCCCCCCCCCCCC. The predicted molar refractivity (Wildman–Crippen MR) is 399 cm³/mol. The minimum atomic E-state index is -4.94. The van der Waals surface area contributed by atoms with Gasteiger partial charge < -0.3 is 34.2 Å². The Morgan fingerprint density at radius 3 is 0.866 bits per heavy atom. The molecule has 0 amide bonds. The van der Waals surface area contributed by atoms with Gasteiger partial charge in [0.1, 0.15) is 25.4 Å². The Balaban J connectivity index is 4.70. The number of unbranched alkanes of at least 4 members (excludes halogenated alkanes) is 22. The van der Waals surface area contributed by atoms with Crippen molar-refractivity contribution in [3.63, 3.8) is 0 Å². The van der Waals surface area contributed by atoms with E-state index in [0.29, 0.717) is 19.3 Å². The Hall–Kier alpha value is -4.57. The number of allylic oxidation sites excluding steroid dienone is 24. The van der Waals surface area contributed by atoms with Gasteiger partial charge in [-0.3, -0.25) is 32.5 Å². The molecule has 97 heavy (non-hydrogen) atoms. The van der Waals surface area contributed by atoms with Crippen LogP contribution in [0.15, 0.2) is 146 Å². The molecule has 0 saturated carbocycles. The van der Waals surface area contributed by atoms with Crippen molar-refractivity contribution in [2.45, 2.75) is 296 Å². The largest absolute Gasteiger partial charge is 0.472 e. The lowest BCUT2D eigenvalue weighted by Crippen LogP contribution is -2.30. The molecule has 0 radical (unpaired) electrons. The van der Waals surface area contributed by atoms with Gasteiger partial charge in [-0.1, -0.05) is 282 Å². The van der Waals surface area contributed by atoms with Crippen LogP contribution in [0.1, 0.15) is 278 Å². The summed E-state index contributed by atoms with van der Waals surface area (Å²) in [6.45, 7) is 2.39.